The van der Waals surface area contributed by atoms with Gasteiger partial charge in [0.25, 0.3) is 5.91 Å². The third-order valence-electron chi connectivity index (χ3n) is 6.77. The van der Waals surface area contributed by atoms with Crippen LogP contribution in [-0.4, -0.2) is 54.3 Å². The van der Waals surface area contributed by atoms with Crippen molar-refractivity contribution < 1.29 is 28.4 Å². The SMILES string of the molecule is COC[C@H](NC(=O)c1ccno1)C(=O)C[C@@H](Cc1ccccc1)C(=O)N[C@@H](CC(C)C)C(=O)C1(C)CC1. The lowest BCUT2D eigenvalue weighted by Crippen LogP contribution is -2.49. The van der Waals surface area contributed by atoms with Crippen molar-refractivity contribution >= 4 is 23.4 Å². The monoisotopic (exact) mass is 511 g/mol. The topological polar surface area (TPSA) is 128 Å². The van der Waals surface area contributed by atoms with Gasteiger partial charge in [0, 0.05) is 30.9 Å². The van der Waals surface area contributed by atoms with Crippen LogP contribution in [0.1, 0.15) is 62.6 Å². The Kier molecular flexibility index (Phi) is 9.74. The number of ether oxygens (including phenoxy) is 1. The van der Waals surface area contributed by atoms with Gasteiger partial charge in [-0.3, -0.25) is 19.2 Å². The van der Waals surface area contributed by atoms with Crippen molar-refractivity contribution in [3.05, 3.63) is 53.9 Å². The Morgan fingerprint density at radius 3 is 2.32 bits per heavy atom. The largest absolute Gasteiger partial charge is 0.382 e. The molecule has 0 aliphatic heterocycles. The van der Waals surface area contributed by atoms with Gasteiger partial charge in [-0.1, -0.05) is 56.3 Å². The smallest absolute Gasteiger partial charge is 0.290 e. The number of hydrogen-bond donors (Lipinski definition) is 2. The summed E-state index contributed by atoms with van der Waals surface area (Å²) in [4.78, 5) is 52.5. The van der Waals surface area contributed by atoms with Gasteiger partial charge < -0.3 is 19.9 Å². The van der Waals surface area contributed by atoms with E-state index in [9.17, 15) is 19.2 Å². The number of Topliss-reactive ketones (excluding diaryl/α,β-unsaturated/α-hetero) is 2. The highest BCUT2D eigenvalue weighted by atomic mass is 16.5. The summed E-state index contributed by atoms with van der Waals surface area (Å²) in [7, 11) is 1.43. The van der Waals surface area contributed by atoms with Crippen LogP contribution in [0, 0.1) is 17.3 Å². The van der Waals surface area contributed by atoms with Crippen LogP contribution in [0.2, 0.25) is 0 Å². The molecule has 3 atom stereocenters. The molecule has 1 aliphatic rings. The average molecular weight is 512 g/mol. The molecule has 2 N–H and O–H groups in total. The van der Waals surface area contributed by atoms with Crippen molar-refractivity contribution in [2.24, 2.45) is 17.3 Å². The summed E-state index contributed by atoms with van der Waals surface area (Å²) >= 11 is 0. The molecule has 0 saturated heterocycles. The minimum absolute atomic E-state index is 0.0314. The molecule has 1 saturated carbocycles. The van der Waals surface area contributed by atoms with E-state index in [0.717, 1.165) is 18.4 Å². The highest BCUT2D eigenvalue weighted by Gasteiger charge is 2.48. The maximum atomic E-state index is 13.6. The van der Waals surface area contributed by atoms with E-state index in [-0.39, 0.29) is 47.6 Å². The quantitative estimate of drug-likeness (QED) is 0.376. The van der Waals surface area contributed by atoms with Crippen LogP contribution in [0.3, 0.4) is 0 Å². The normalized spacial score (nSPS) is 16.5. The summed E-state index contributed by atoms with van der Waals surface area (Å²) < 4.78 is 10.0. The molecule has 0 radical (unpaired) electrons. The van der Waals surface area contributed by atoms with Gasteiger partial charge >= 0.3 is 0 Å². The molecule has 1 aromatic carbocycles. The lowest BCUT2D eigenvalue weighted by molar-refractivity contribution is -0.134. The number of aromatic nitrogens is 1. The maximum Gasteiger partial charge on any atom is 0.290 e. The van der Waals surface area contributed by atoms with Crippen LogP contribution < -0.4 is 10.6 Å². The van der Waals surface area contributed by atoms with Crippen molar-refractivity contribution in [1.29, 1.82) is 0 Å². The predicted octanol–water partition coefficient (Wildman–Crippen LogP) is 3.14. The minimum Gasteiger partial charge on any atom is -0.382 e. The number of rotatable bonds is 15. The van der Waals surface area contributed by atoms with E-state index in [0.29, 0.717) is 12.8 Å². The Morgan fingerprint density at radius 1 is 1.05 bits per heavy atom. The molecular weight excluding hydrogens is 474 g/mol. The zero-order valence-corrected chi connectivity index (χ0v) is 22.0. The first-order valence-electron chi connectivity index (χ1n) is 12.7. The van der Waals surface area contributed by atoms with E-state index < -0.39 is 23.9 Å². The summed E-state index contributed by atoms with van der Waals surface area (Å²) in [6.45, 7) is 5.90. The molecule has 1 aliphatic carbocycles. The third kappa shape index (κ3) is 8.08. The van der Waals surface area contributed by atoms with Crippen LogP contribution in [-0.2, 0) is 25.5 Å². The van der Waals surface area contributed by atoms with E-state index >= 15 is 0 Å². The van der Waals surface area contributed by atoms with E-state index in [1.165, 1.54) is 19.4 Å². The number of amides is 2. The molecule has 1 fully saturated rings. The summed E-state index contributed by atoms with van der Waals surface area (Å²) in [5.41, 5.74) is 0.511. The van der Waals surface area contributed by atoms with E-state index in [4.69, 9.17) is 9.26 Å². The highest BCUT2D eigenvalue weighted by Crippen LogP contribution is 2.47. The van der Waals surface area contributed by atoms with Crippen molar-refractivity contribution in [3.8, 4) is 0 Å². The van der Waals surface area contributed by atoms with E-state index in [2.05, 4.69) is 15.8 Å². The lowest BCUT2D eigenvalue weighted by Gasteiger charge is -2.26. The number of methoxy groups -OCH3 is 1. The molecular formula is C28H37N3O6. The molecule has 2 aromatic rings. The van der Waals surface area contributed by atoms with Gasteiger partial charge in [-0.05, 0) is 37.2 Å². The molecule has 1 aromatic heterocycles. The van der Waals surface area contributed by atoms with Gasteiger partial charge in [-0.15, -0.1) is 0 Å². The van der Waals surface area contributed by atoms with Gasteiger partial charge in [0.2, 0.25) is 11.7 Å². The molecule has 1 heterocycles. The second-order valence-corrected chi connectivity index (χ2v) is 10.5. The second-order valence-electron chi connectivity index (χ2n) is 10.5. The number of hydrogen-bond acceptors (Lipinski definition) is 7. The second kappa shape index (κ2) is 12.8. The Labute approximate surface area is 217 Å². The molecule has 37 heavy (non-hydrogen) atoms. The van der Waals surface area contributed by atoms with Crippen LogP contribution >= 0.6 is 0 Å². The van der Waals surface area contributed by atoms with Gasteiger partial charge in [0.15, 0.2) is 11.6 Å². The van der Waals surface area contributed by atoms with Crippen molar-refractivity contribution in [2.45, 2.75) is 65.0 Å². The van der Waals surface area contributed by atoms with Crippen molar-refractivity contribution in [1.82, 2.24) is 15.8 Å². The number of nitrogens with zero attached hydrogens (tertiary/aromatic N) is 1. The average Bonchev–Trinajstić information content (AvgIpc) is 3.38. The fourth-order valence-corrected chi connectivity index (χ4v) is 4.33. The number of nitrogens with one attached hydrogen (secondary N) is 2. The van der Waals surface area contributed by atoms with E-state index in [1.807, 2.05) is 51.1 Å². The first-order chi connectivity index (χ1) is 17.6. The molecule has 2 amide bonds. The molecule has 3 rings (SSSR count). The Morgan fingerprint density at radius 2 is 1.76 bits per heavy atom. The van der Waals surface area contributed by atoms with Crippen LogP contribution in [0.15, 0.2) is 47.1 Å². The van der Waals surface area contributed by atoms with Gasteiger partial charge in [0.05, 0.1) is 18.8 Å². The van der Waals surface area contributed by atoms with Crippen molar-refractivity contribution in [3.63, 3.8) is 0 Å². The summed E-state index contributed by atoms with van der Waals surface area (Å²) in [5.74, 6) is -1.80. The molecule has 0 spiro atoms. The van der Waals surface area contributed by atoms with Gasteiger partial charge in [-0.2, -0.15) is 0 Å². The number of benzene rings is 1. The van der Waals surface area contributed by atoms with Crippen LogP contribution in [0.25, 0.3) is 0 Å². The predicted molar refractivity (Wildman–Crippen MR) is 137 cm³/mol. The van der Waals surface area contributed by atoms with Crippen molar-refractivity contribution in [2.75, 3.05) is 13.7 Å². The standard InChI is InChI=1S/C28H37N3O6/c1-18(2)14-21(25(33)28(3)11-12-28)30-26(34)20(15-19-8-6-5-7-9-19)16-23(32)22(17-36-4)31-27(35)24-10-13-29-37-24/h5-10,13,18,20-22H,11-12,14-17H2,1-4H3,(H,30,34)(H,31,35)/t20-,21+,22+/m1/s1. The Balaban J connectivity index is 1.77. The molecule has 9 nitrogen and oxygen atoms in total. The molecule has 200 valence electrons. The fraction of sp³-hybridized carbons (Fsp3) is 0.536. The zero-order chi connectivity index (χ0) is 27.0. The number of carbonyl (C=O) groups excluding carboxylic acids is 4. The first kappa shape index (κ1) is 28.2. The highest BCUT2D eigenvalue weighted by molar-refractivity contribution is 5.98. The molecule has 0 bridgehead atoms. The molecule has 9 heteroatoms. The van der Waals surface area contributed by atoms with E-state index in [1.54, 1.807) is 0 Å². The maximum absolute atomic E-state index is 13.6. The summed E-state index contributed by atoms with van der Waals surface area (Å²) in [6, 6.07) is 9.22. The minimum atomic E-state index is -0.979. The third-order valence-corrected chi connectivity index (χ3v) is 6.77. The number of ketones is 2. The number of carbonyl (C=O) groups is 4. The van der Waals surface area contributed by atoms with Crippen LogP contribution in [0.5, 0.6) is 0 Å². The summed E-state index contributed by atoms with van der Waals surface area (Å²) in [5, 5.41) is 9.09. The Bertz CT molecular complexity index is 1060. The first-order valence-corrected chi connectivity index (χ1v) is 12.7. The molecule has 0 unspecified atom stereocenters. The van der Waals surface area contributed by atoms with Gasteiger partial charge in [-0.25, -0.2) is 0 Å². The zero-order valence-electron chi connectivity index (χ0n) is 22.0. The van der Waals surface area contributed by atoms with Crippen LogP contribution in [0.4, 0.5) is 0 Å². The summed E-state index contributed by atoms with van der Waals surface area (Å²) in [6.07, 6.45) is 3.70. The fourth-order valence-electron chi connectivity index (χ4n) is 4.33. The Hall–Kier alpha value is -3.33. The van der Waals surface area contributed by atoms with Gasteiger partial charge in [0.1, 0.15) is 6.04 Å². The lowest BCUT2D eigenvalue weighted by atomic mass is 9.88.